The molecule has 5 nitrogen and oxygen atoms in total. The third kappa shape index (κ3) is 2.63. The van der Waals surface area contributed by atoms with Gasteiger partial charge >= 0.3 is 5.97 Å². The van der Waals surface area contributed by atoms with Crippen LogP contribution in [0.2, 0.25) is 0 Å². The summed E-state index contributed by atoms with van der Waals surface area (Å²) in [5, 5.41) is 8.63. The molecule has 5 heteroatoms. The molecule has 1 N–H and O–H groups in total. The predicted octanol–water partition coefficient (Wildman–Crippen LogP) is 1.30. The van der Waals surface area contributed by atoms with Gasteiger partial charge in [-0.05, 0) is 13.0 Å². The number of carboxylic acid groups (broad SMARTS) is 1. The van der Waals surface area contributed by atoms with Crippen molar-refractivity contribution in [3.8, 4) is 11.3 Å². The van der Waals surface area contributed by atoms with E-state index in [0.29, 0.717) is 5.69 Å². The van der Waals surface area contributed by atoms with Crippen molar-refractivity contribution in [3.63, 3.8) is 0 Å². The van der Waals surface area contributed by atoms with Crippen LogP contribution in [0, 0.1) is 6.92 Å². The molecule has 92 valence electrons. The van der Waals surface area contributed by atoms with Gasteiger partial charge in [0.2, 0.25) is 0 Å². The van der Waals surface area contributed by atoms with E-state index >= 15 is 0 Å². The quantitative estimate of drug-likeness (QED) is 0.883. The van der Waals surface area contributed by atoms with Crippen molar-refractivity contribution in [2.75, 3.05) is 0 Å². The van der Waals surface area contributed by atoms with Crippen LogP contribution in [0.1, 0.15) is 5.56 Å². The first-order chi connectivity index (χ1) is 8.56. The van der Waals surface area contributed by atoms with E-state index < -0.39 is 5.97 Å². The minimum Gasteiger partial charge on any atom is -0.480 e. The van der Waals surface area contributed by atoms with Gasteiger partial charge in [0.15, 0.2) is 0 Å². The zero-order valence-corrected chi connectivity index (χ0v) is 9.83. The topological polar surface area (TPSA) is 72.2 Å². The Morgan fingerprint density at radius 2 is 2.17 bits per heavy atom. The Kier molecular flexibility index (Phi) is 3.23. The van der Waals surface area contributed by atoms with Gasteiger partial charge in [0.05, 0.1) is 12.0 Å². The van der Waals surface area contributed by atoms with Crippen LogP contribution >= 0.6 is 0 Å². The molecule has 18 heavy (non-hydrogen) atoms. The van der Waals surface area contributed by atoms with Crippen molar-refractivity contribution in [2.24, 2.45) is 0 Å². The van der Waals surface area contributed by atoms with Crippen LogP contribution in [0.15, 0.2) is 41.5 Å². The highest BCUT2D eigenvalue weighted by molar-refractivity contribution is 5.66. The number of nitrogens with zero attached hydrogens (tertiary/aromatic N) is 2. The molecule has 0 fully saturated rings. The molecule has 0 bridgehead atoms. The number of aromatic nitrogens is 2. The van der Waals surface area contributed by atoms with E-state index in [1.54, 1.807) is 0 Å². The van der Waals surface area contributed by atoms with E-state index in [1.165, 1.54) is 12.4 Å². The van der Waals surface area contributed by atoms with E-state index in [-0.39, 0.29) is 12.1 Å². The predicted molar refractivity (Wildman–Crippen MR) is 66.3 cm³/mol. The molecule has 0 radical (unpaired) electrons. The van der Waals surface area contributed by atoms with Crippen molar-refractivity contribution in [2.45, 2.75) is 13.5 Å². The lowest BCUT2D eigenvalue weighted by atomic mass is 10.1. The molecule has 1 aromatic heterocycles. The molecular weight excluding hydrogens is 232 g/mol. The van der Waals surface area contributed by atoms with Crippen LogP contribution in [0.3, 0.4) is 0 Å². The summed E-state index contributed by atoms with van der Waals surface area (Å²) in [5.74, 6) is -1.07. The number of carboxylic acids is 1. The van der Waals surface area contributed by atoms with Gasteiger partial charge in [-0.2, -0.15) is 0 Å². The molecule has 0 spiro atoms. The lowest BCUT2D eigenvalue weighted by Gasteiger charge is -2.04. The molecule has 2 aromatic rings. The first kappa shape index (κ1) is 12.0. The Balaban J connectivity index is 2.40. The van der Waals surface area contributed by atoms with E-state index in [2.05, 4.69) is 4.98 Å². The molecule has 0 aliphatic carbocycles. The number of benzene rings is 1. The van der Waals surface area contributed by atoms with Crippen LogP contribution < -0.4 is 5.56 Å². The maximum absolute atomic E-state index is 11.7. The Labute approximate surface area is 103 Å². The minimum absolute atomic E-state index is 0.371. The number of aliphatic carboxylic acids is 1. The second-order valence-corrected chi connectivity index (χ2v) is 4.00. The van der Waals surface area contributed by atoms with E-state index in [9.17, 15) is 9.59 Å². The minimum atomic E-state index is -1.07. The molecular formula is C13H12N2O3. The molecule has 0 saturated heterocycles. The summed E-state index contributed by atoms with van der Waals surface area (Å²) in [5.41, 5.74) is 2.09. The Bertz CT molecular complexity index is 647. The zero-order chi connectivity index (χ0) is 13.1. The van der Waals surface area contributed by atoms with Gasteiger partial charge in [-0.1, -0.05) is 23.8 Å². The van der Waals surface area contributed by atoms with E-state index in [4.69, 9.17) is 5.11 Å². The second-order valence-electron chi connectivity index (χ2n) is 4.00. The van der Waals surface area contributed by atoms with E-state index in [1.807, 2.05) is 31.2 Å². The number of aryl methyl sites for hydroxylation is 1. The highest BCUT2D eigenvalue weighted by atomic mass is 16.4. The van der Waals surface area contributed by atoms with Crippen LogP contribution in [0.5, 0.6) is 0 Å². The average molecular weight is 244 g/mol. The monoisotopic (exact) mass is 244 g/mol. The highest BCUT2D eigenvalue weighted by Crippen LogP contribution is 2.15. The first-order valence-corrected chi connectivity index (χ1v) is 5.41. The largest absolute Gasteiger partial charge is 0.480 e. The molecule has 0 amide bonds. The van der Waals surface area contributed by atoms with Crippen molar-refractivity contribution in [3.05, 3.63) is 52.6 Å². The third-order valence-corrected chi connectivity index (χ3v) is 2.50. The SMILES string of the molecule is Cc1cccc(-c2cc(=O)n(CC(=O)O)cn2)c1. The first-order valence-electron chi connectivity index (χ1n) is 5.41. The Morgan fingerprint density at radius 3 is 2.78 bits per heavy atom. The summed E-state index contributed by atoms with van der Waals surface area (Å²) in [6.07, 6.45) is 1.26. The number of rotatable bonds is 3. The Morgan fingerprint density at radius 1 is 1.39 bits per heavy atom. The molecule has 2 rings (SSSR count). The number of hydrogen-bond acceptors (Lipinski definition) is 3. The molecule has 0 aliphatic heterocycles. The fourth-order valence-corrected chi connectivity index (χ4v) is 1.65. The fraction of sp³-hybridized carbons (Fsp3) is 0.154. The fourth-order valence-electron chi connectivity index (χ4n) is 1.65. The lowest BCUT2D eigenvalue weighted by molar-refractivity contribution is -0.137. The third-order valence-electron chi connectivity index (χ3n) is 2.50. The van der Waals surface area contributed by atoms with Crippen LogP contribution in [-0.2, 0) is 11.3 Å². The van der Waals surface area contributed by atoms with Crippen molar-refractivity contribution in [1.82, 2.24) is 9.55 Å². The number of carbonyl (C=O) groups is 1. The van der Waals surface area contributed by atoms with Gasteiger partial charge in [-0.3, -0.25) is 14.2 Å². The highest BCUT2D eigenvalue weighted by Gasteiger charge is 2.05. The van der Waals surface area contributed by atoms with Crippen LogP contribution in [-0.4, -0.2) is 20.6 Å². The van der Waals surface area contributed by atoms with Crippen LogP contribution in [0.4, 0.5) is 0 Å². The van der Waals surface area contributed by atoms with Gasteiger partial charge in [0, 0.05) is 11.6 Å². The summed E-state index contributed by atoms with van der Waals surface area (Å²) in [7, 11) is 0. The molecule has 0 aliphatic rings. The van der Waals surface area contributed by atoms with E-state index in [0.717, 1.165) is 15.7 Å². The molecule has 0 atom stereocenters. The van der Waals surface area contributed by atoms with Gasteiger partial charge < -0.3 is 5.11 Å². The summed E-state index contributed by atoms with van der Waals surface area (Å²) >= 11 is 0. The summed E-state index contributed by atoms with van der Waals surface area (Å²) in [4.78, 5) is 26.3. The maximum Gasteiger partial charge on any atom is 0.323 e. The van der Waals surface area contributed by atoms with Crippen LogP contribution in [0.25, 0.3) is 11.3 Å². The summed E-state index contributed by atoms with van der Waals surface area (Å²) in [6.45, 7) is 1.58. The second kappa shape index (κ2) is 4.83. The zero-order valence-electron chi connectivity index (χ0n) is 9.83. The molecule has 1 heterocycles. The standard InChI is InChI=1S/C13H12N2O3/c1-9-3-2-4-10(5-9)11-6-12(16)15(8-14-11)7-13(17)18/h2-6,8H,7H2,1H3,(H,17,18). The maximum atomic E-state index is 11.7. The molecule has 1 aromatic carbocycles. The molecule has 0 saturated carbocycles. The summed E-state index contributed by atoms with van der Waals surface area (Å²) < 4.78 is 1.06. The normalized spacial score (nSPS) is 10.3. The Hall–Kier alpha value is -2.43. The lowest BCUT2D eigenvalue weighted by Crippen LogP contribution is -2.23. The average Bonchev–Trinajstić information content (AvgIpc) is 2.31. The van der Waals surface area contributed by atoms with Gasteiger partial charge in [-0.15, -0.1) is 0 Å². The smallest absolute Gasteiger partial charge is 0.323 e. The number of hydrogen-bond donors (Lipinski definition) is 1. The van der Waals surface area contributed by atoms with Crippen molar-refractivity contribution >= 4 is 5.97 Å². The van der Waals surface area contributed by atoms with Crippen molar-refractivity contribution in [1.29, 1.82) is 0 Å². The van der Waals surface area contributed by atoms with Gasteiger partial charge in [0.25, 0.3) is 5.56 Å². The van der Waals surface area contributed by atoms with Crippen molar-refractivity contribution < 1.29 is 9.90 Å². The van der Waals surface area contributed by atoms with Gasteiger partial charge in [-0.25, -0.2) is 4.98 Å². The summed E-state index contributed by atoms with van der Waals surface area (Å²) in [6, 6.07) is 8.96. The molecule has 0 unspecified atom stereocenters. The van der Waals surface area contributed by atoms with Gasteiger partial charge in [0.1, 0.15) is 6.54 Å².